The fourth-order valence-electron chi connectivity index (χ4n) is 2.85. The first-order valence-corrected chi connectivity index (χ1v) is 8.23. The van der Waals surface area contributed by atoms with Crippen molar-refractivity contribution < 1.29 is 18.3 Å². The van der Waals surface area contributed by atoms with E-state index in [9.17, 15) is 13.5 Å². The highest BCUT2D eigenvalue weighted by molar-refractivity contribution is 7.86. The van der Waals surface area contributed by atoms with Gasteiger partial charge in [0.15, 0.2) is 0 Å². The highest BCUT2D eigenvalue weighted by atomic mass is 32.2. The fourth-order valence-corrected chi connectivity index (χ4v) is 4.78. The number of morpholine rings is 1. The molecular formula is C12H24N2O4S. The van der Waals surface area contributed by atoms with Gasteiger partial charge in [-0.3, -0.25) is 0 Å². The Labute approximate surface area is 115 Å². The summed E-state index contributed by atoms with van der Waals surface area (Å²) in [5.74, 6) is 0. The van der Waals surface area contributed by atoms with Gasteiger partial charge in [-0.15, -0.1) is 0 Å². The maximum Gasteiger partial charge on any atom is 0.282 e. The summed E-state index contributed by atoms with van der Waals surface area (Å²) < 4.78 is 33.7. The third-order valence-corrected chi connectivity index (χ3v) is 5.59. The second kappa shape index (κ2) is 5.29. The van der Waals surface area contributed by atoms with E-state index in [0.29, 0.717) is 32.5 Å². The lowest BCUT2D eigenvalue weighted by Crippen LogP contribution is -2.57. The lowest BCUT2D eigenvalue weighted by molar-refractivity contribution is -0.0473. The van der Waals surface area contributed by atoms with E-state index in [1.807, 2.05) is 13.8 Å². The van der Waals surface area contributed by atoms with Crippen LogP contribution < -0.4 is 0 Å². The van der Waals surface area contributed by atoms with Gasteiger partial charge in [0.05, 0.1) is 17.8 Å². The fraction of sp³-hybridized carbons (Fsp3) is 1.00. The van der Waals surface area contributed by atoms with Crippen LogP contribution >= 0.6 is 0 Å². The Morgan fingerprint density at radius 1 is 1.21 bits per heavy atom. The summed E-state index contributed by atoms with van der Waals surface area (Å²) >= 11 is 0. The quantitative estimate of drug-likeness (QED) is 0.788. The van der Waals surface area contributed by atoms with Crippen LogP contribution in [0.4, 0.5) is 0 Å². The lowest BCUT2D eigenvalue weighted by Gasteiger charge is -2.41. The van der Waals surface area contributed by atoms with Crippen LogP contribution in [-0.4, -0.2) is 66.1 Å². The number of piperidine rings is 1. The van der Waals surface area contributed by atoms with Crippen molar-refractivity contribution in [3.63, 3.8) is 0 Å². The number of rotatable bonds is 2. The van der Waals surface area contributed by atoms with Gasteiger partial charge in [-0.05, 0) is 33.6 Å². The highest BCUT2D eigenvalue weighted by Gasteiger charge is 2.40. The molecule has 2 aliphatic rings. The van der Waals surface area contributed by atoms with E-state index in [1.54, 1.807) is 6.92 Å². The summed E-state index contributed by atoms with van der Waals surface area (Å²) in [6.45, 7) is 6.87. The Bertz CT molecular complexity index is 405. The van der Waals surface area contributed by atoms with E-state index in [1.165, 1.54) is 8.61 Å². The van der Waals surface area contributed by atoms with Gasteiger partial charge in [-0.2, -0.15) is 17.0 Å². The summed E-state index contributed by atoms with van der Waals surface area (Å²) in [5.41, 5.74) is -0.922. The van der Waals surface area contributed by atoms with Gasteiger partial charge in [-0.25, -0.2) is 0 Å². The molecule has 0 spiro atoms. The predicted molar refractivity (Wildman–Crippen MR) is 71.9 cm³/mol. The minimum absolute atomic E-state index is 0.0937. The maximum atomic E-state index is 12.6. The van der Waals surface area contributed by atoms with Gasteiger partial charge in [0.1, 0.15) is 0 Å². The van der Waals surface area contributed by atoms with Crippen LogP contribution in [0.3, 0.4) is 0 Å². The predicted octanol–water partition coefficient (Wildman–Crippen LogP) is 0.187. The molecule has 0 aliphatic carbocycles. The summed E-state index contributed by atoms with van der Waals surface area (Å²) in [6.07, 6.45) is 1.16. The van der Waals surface area contributed by atoms with E-state index < -0.39 is 15.8 Å². The first kappa shape index (κ1) is 15.2. The van der Waals surface area contributed by atoms with Crippen LogP contribution in [0.15, 0.2) is 0 Å². The molecule has 3 unspecified atom stereocenters. The number of ether oxygens (including phenoxy) is 1. The largest absolute Gasteiger partial charge is 0.389 e. The molecule has 7 heteroatoms. The molecule has 0 aromatic rings. The first-order valence-electron chi connectivity index (χ1n) is 6.84. The van der Waals surface area contributed by atoms with E-state index >= 15 is 0 Å². The molecule has 0 aromatic heterocycles. The Kier molecular flexibility index (Phi) is 4.23. The smallest absolute Gasteiger partial charge is 0.282 e. The third kappa shape index (κ3) is 3.46. The number of nitrogens with zero attached hydrogens (tertiary/aromatic N) is 2. The molecule has 2 heterocycles. The Morgan fingerprint density at radius 2 is 1.79 bits per heavy atom. The molecule has 0 saturated carbocycles. The number of hydrogen-bond acceptors (Lipinski definition) is 4. The average molecular weight is 292 g/mol. The van der Waals surface area contributed by atoms with Crippen molar-refractivity contribution >= 4 is 10.2 Å². The Balaban J connectivity index is 2.13. The van der Waals surface area contributed by atoms with Crippen molar-refractivity contribution in [2.24, 2.45) is 0 Å². The molecule has 19 heavy (non-hydrogen) atoms. The lowest BCUT2D eigenvalue weighted by atomic mass is 9.97. The topological polar surface area (TPSA) is 70.1 Å². The molecule has 0 bridgehead atoms. The molecule has 112 valence electrons. The molecule has 1 N–H and O–H groups in total. The van der Waals surface area contributed by atoms with E-state index in [-0.39, 0.29) is 18.8 Å². The number of β-amino-alcohol motifs (C(OH)–C–C–N with tert-alkyl or cyclic N) is 1. The minimum atomic E-state index is -3.50. The van der Waals surface area contributed by atoms with Gasteiger partial charge in [0.2, 0.25) is 0 Å². The zero-order valence-corrected chi connectivity index (χ0v) is 12.7. The molecule has 2 aliphatic heterocycles. The number of aliphatic hydroxyl groups is 1. The van der Waals surface area contributed by atoms with E-state index in [4.69, 9.17) is 4.74 Å². The average Bonchev–Trinajstić information content (AvgIpc) is 2.26. The first-order chi connectivity index (χ1) is 8.71. The zero-order valence-electron chi connectivity index (χ0n) is 11.9. The number of hydrogen-bond donors (Lipinski definition) is 1. The second-order valence-corrected chi connectivity index (χ2v) is 7.94. The zero-order chi connectivity index (χ0) is 14.3. The van der Waals surface area contributed by atoms with Crippen molar-refractivity contribution in [3.05, 3.63) is 0 Å². The minimum Gasteiger partial charge on any atom is -0.389 e. The van der Waals surface area contributed by atoms with Crippen LogP contribution in [-0.2, 0) is 14.9 Å². The SMILES string of the molecule is CC1CN(S(=O)(=O)N2CCCC(C)(O)C2)CC(C)O1. The normalized spacial score (nSPS) is 39.4. The third-order valence-electron chi connectivity index (χ3n) is 3.68. The standard InChI is InChI=1S/C12H24N2O4S/c1-10-7-14(8-11(2)18-10)19(16,17)13-6-4-5-12(3,15)9-13/h10-11,15H,4-9H2,1-3H3. The molecule has 0 aromatic carbocycles. The summed E-state index contributed by atoms with van der Waals surface area (Å²) in [4.78, 5) is 0. The van der Waals surface area contributed by atoms with Gasteiger partial charge >= 0.3 is 0 Å². The van der Waals surface area contributed by atoms with Gasteiger partial charge in [-0.1, -0.05) is 0 Å². The Morgan fingerprint density at radius 3 is 2.32 bits per heavy atom. The van der Waals surface area contributed by atoms with Crippen LogP contribution in [0.5, 0.6) is 0 Å². The van der Waals surface area contributed by atoms with Crippen LogP contribution in [0.25, 0.3) is 0 Å². The van der Waals surface area contributed by atoms with Crippen molar-refractivity contribution in [3.8, 4) is 0 Å². The van der Waals surface area contributed by atoms with Gasteiger partial charge in [0, 0.05) is 26.2 Å². The van der Waals surface area contributed by atoms with Crippen molar-refractivity contribution in [2.45, 2.75) is 51.4 Å². The molecule has 2 rings (SSSR count). The summed E-state index contributed by atoms with van der Waals surface area (Å²) in [5, 5.41) is 10.1. The van der Waals surface area contributed by atoms with Crippen LogP contribution in [0.2, 0.25) is 0 Å². The van der Waals surface area contributed by atoms with Crippen molar-refractivity contribution in [1.82, 2.24) is 8.61 Å². The van der Waals surface area contributed by atoms with Gasteiger partial charge in [0.25, 0.3) is 10.2 Å². The molecule has 0 amide bonds. The Hall–Kier alpha value is -0.210. The van der Waals surface area contributed by atoms with Crippen LogP contribution in [0, 0.1) is 0 Å². The molecule has 3 atom stereocenters. The van der Waals surface area contributed by atoms with E-state index in [0.717, 1.165) is 0 Å². The highest BCUT2D eigenvalue weighted by Crippen LogP contribution is 2.25. The van der Waals surface area contributed by atoms with E-state index in [2.05, 4.69) is 0 Å². The van der Waals surface area contributed by atoms with Crippen molar-refractivity contribution in [2.75, 3.05) is 26.2 Å². The second-order valence-electron chi connectivity index (χ2n) is 6.02. The monoisotopic (exact) mass is 292 g/mol. The molecule has 2 fully saturated rings. The maximum absolute atomic E-state index is 12.6. The van der Waals surface area contributed by atoms with Gasteiger partial charge < -0.3 is 9.84 Å². The molecule has 0 radical (unpaired) electrons. The summed E-state index contributed by atoms with van der Waals surface area (Å²) in [7, 11) is -3.50. The molecular weight excluding hydrogens is 268 g/mol. The summed E-state index contributed by atoms with van der Waals surface area (Å²) in [6, 6.07) is 0. The molecule has 2 saturated heterocycles. The van der Waals surface area contributed by atoms with Crippen molar-refractivity contribution in [1.29, 1.82) is 0 Å². The van der Waals surface area contributed by atoms with Crippen LogP contribution in [0.1, 0.15) is 33.6 Å². The molecule has 6 nitrogen and oxygen atoms in total.